The second-order valence-electron chi connectivity index (χ2n) is 1.87. The maximum Gasteiger partial charge on any atom is 1.00 e. The van der Waals surface area contributed by atoms with Crippen LogP contribution in [0.25, 0.3) is 0 Å². The average Bonchev–Trinajstić information content (AvgIpc) is 1.82. The Morgan fingerprint density at radius 2 is 0.700 bits per heavy atom. The molecule has 0 spiro atoms. The van der Waals surface area contributed by atoms with Crippen LogP contribution in [0.4, 0.5) is 0 Å². The zero-order valence-corrected chi connectivity index (χ0v) is 13.4. The van der Waals surface area contributed by atoms with E-state index in [2.05, 4.69) is 22.9 Å². The Hall–Kier alpha value is 1.30. The standard InChI is InChI=1S/B4H2O7.K.8H2O.H/c5-1-7-3-9-2(6)10-4(8-1)11-3;;;;;;;;;;/h5-6H;;8*1H2;/q;+1;;;;;;;;;-1. The van der Waals surface area contributed by atoms with Crippen molar-refractivity contribution in [1.29, 1.82) is 0 Å². The minimum Gasteiger partial charge on any atom is -1.00 e. The van der Waals surface area contributed by atoms with Crippen LogP contribution in [0.3, 0.4) is 0 Å². The van der Waals surface area contributed by atoms with Crippen LogP contribution in [0.15, 0.2) is 0 Å². The van der Waals surface area contributed by atoms with Crippen LogP contribution in [0.5, 0.6) is 0 Å². The van der Waals surface area contributed by atoms with E-state index < -0.39 is 29.3 Å². The molecule has 20 heteroatoms. The summed E-state index contributed by atoms with van der Waals surface area (Å²) in [4.78, 5) is 0. The molecule has 0 amide bonds. The van der Waals surface area contributed by atoms with E-state index in [1.807, 2.05) is 0 Å². The minimum absolute atomic E-state index is 0. The van der Waals surface area contributed by atoms with Crippen LogP contribution < -0.4 is 51.4 Å². The Balaban J connectivity index is -0.0000000206. The van der Waals surface area contributed by atoms with Gasteiger partial charge in [0.25, 0.3) is 0 Å². The number of hydrogen-bond acceptors (Lipinski definition) is 7. The fraction of sp³-hybridized carbons (Fsp3) is 0. The van der Waals surface area contributed by atoms with Crippen molar-refractivity contribution in [2.45, 2.75) is 0 Å². The van der Waals surface area contributed by atoms with E-state index >= 15 is 0 Å². The molecule has 0 aromatic carbocycles. The van der Waals surface area contributed by atoms with Gasteiger partial charge in [0, 0.05) is 0 Å². The molecule has 15 nitrogen and oxygen atoms in total. The van der Waals surface area contributed by atoms with Gasteiger partial charge in [0.05, 0.1) is 0 Å². The SMILES string of the molecule is O.O.O.O.O.O.O.O.OB1OB2OB(O)OB(O1)O2.[H-].[K+]. The molecule has 2 rings (SSSR count). The molecule has 0 atom stereocenters. The third-order valence-electron chi connectivity index (χ3n) is 1.13. The van der Waals surface area contributed by atoms with Gasteiger partial charge in [-0.15, -0.1) is 0 Å². The summed E-state index contributed by atoms with van der Waals surface area (Å²) < 4.78 is 22.6. The minimum atomic E-state index is -1.45. The molecular formula is H19B4KO15. The molecule has 0 unspecified atom stereocenters. The fourth-order valence-corrected chi connectivity index (χ4v) is 0.728. The first-order valence-corrected chi connectivity index (χ1v) is 2.87. The van der Waals surface area contributed by atoms with E-state index in [9.17, 15) is 0 Å². The fourth-order valence-electron chi connectivity index (χ4n) is 0.728. The summed E-state index contributed by atoms with van der Waals surface area (Å²) in [5, 5.41) is 17.5. The van der Waals surface area contributed by atoms with Gasteiger partial charge in [-0.2, -0.15) is 0 Å². The van der Waals surface area contributed by atoms with Gasteiger partial charge in [-0.25, -0.2) is 0 Å². The van der Waals surface area contributed by atoms with Gasteiger partial charge in [0.2, 0.25) is 0 Å². The Bertz CT molecular complexity index is 131. The molecule has 0 aromatic rings. The van der Waals surface area contributed by atoms with Crippen molar-refractivity contribution >= 4 is 29.3 Å². The van der Waals surface area contributed by atoms with Gasteiger partial charge < -0.3 is 78.1 Å². The van der Waals surface area contributed by atoms with Gasteiger partial charge in [-0.3, -0.25) is 0 Å². The van der Waals surface area contributed by atoms with Crippen molar-refractivity contribution < 1.29 is 130 Å². The zero-order valence-electron chi connectivity index (χ0n) is 11.2. The first-order chi connectivity index (χ1) is 5.24. The first-order valence-electron chi connectivity index (χ1n) is 2.87. The summed E-state index contributed by atoms with van der Waals surface area (Å²) >= 11 is 0. The molecule has 0 aliphatic carbocycles. The van der Waals surface area contributed by atoms with E-state index in [1.165, 1.54) is 0 Å². The van der Waals surface area contributed by atoms with Crippen molar-refractivity contribution in [3.63, 3.8) is 0 Å². The van der Waals surface area contributed by atoms with Crippen molar-refractivity contribution in [2.24, 2.45) is 0 Å². The van der Waals surface area contributed by atoms with Gasteiger partial charge in [-0.05, 0) is 0 Å². The summed E-state index contributed by atoms with van der Waals surface area (Å²) in [6.07, 6.45) is 0. The maximum absolute atomic E-state index is 8.74. The van der Waals surface area contributed by atoms with Crippen LogP contribution >= 0.6 is 0 Å². The number of fused-ring (bicyclic) bond motifs is 2. The first kappa shape index (κ1) is 49.6. The van der Waals surface area contributed by atoms with Crippen molar-refractivity contribution in [3.05, 3.63) is 0 Å². The topological polar surface area (TPSA) is 339 Å². The van der Waals surface area contributed by atoms with Gasteiger partial charge in [0.1, 0.15) is 0 Å². The van der Waals surface area contributed by atoms with E-state index in [4.69, 9.17) is 10.0 Å². The smallest absolute Gasteiger partial charge is 1.00 e. The molecule has 20 heavy (non-hydrogen) atoms. The molecule has 18 N–H and O–H groups in total. The molecule has 0 radical (unpaired) electrons. The molecule has 2 heterocycles. The summed E-state index contributed by atoms with van der Waals surface area (Å²) in [7, 11) is -5.20. The Labute approximate surface area is 157 Å². The maximum atomic E-state index is 8.74. The summed E-state index contributed by atoms with van der Waals surface area (Å²) in [5.41, 5.74) is 0. The molecule has 2 aliphatic heterocycles. The van der Waals surface area contributed by atoms with E-state index in [0.717, 1.165) is 0 Å². The van der Waals surface area contributed by atoms with Gasteiger partial charge in [-0.1, -0.05) is 0 Å². The largest absolute Gasteiger partial charge is 1.00 e. The summed E-state index contributed by atoms with van der Waals surface area (Å²) in [5.74, 6) is 0. The normalized spacial score (nSPS) is 13.5. The molecule has 2 bridgehead atoms. The Kier molecular flexibility index (Phi) is 56.0. The van der Waals surface area contributed by atoms with Crippen molar-refractivity contribution in [2.75, 3.05) is 0 Å². The van der Waals surface area contributed by atoms with Crippen LogP contribution in [0, 0.1) is 0 Å². The second-order valence-corrected chi connectivity index (χ2v) is 1.87. The molecular weight excluding hydrogens is 322 g/mol. The van der Waals surface area contributed by atoms with E-state index in [0.29, 0.717) is 0 Å². The monoisotopic (exact) mass is 342 g/mol. The molecule has 122 valence electrons. The van der Waals surface area contributed by atoms with E-state index in [1.54, 1.807) is 0 Å². The Morgan fingerprint density at radius 1 is 0.500 bits per heavy atom. The number of rotatable bonds is 0. The molecule has 0 aromatic heterocycles. The third kappa shape index (κ3) is 14.2. The van der Waals surface area contributed by atoms with Gasteiger partial charge >= 0.3 is 80.7 Å². The van der Waals surface area contributed by atoms with Crippen LogP contribution in [0.1, 0.15) is 1.43 Å². The molecule has 0 saturated carbocycles. The van der Waals surface area contributed by atoms with Crippen LogP contribution in [-0.4, -0.2) is 83.1 Å². The van der Waals surface area contributed by atoms with Crippen molar-refractivity contribution in [1.82, 2.24) is 0 Å². The summed E-state index contributed by atoms with van der Waals surface area (Å²) in [6.45, 7) is 0. The molecule has 2 fully saturated rings. The third-order valence-corrected chi connectivity index (χ3v) is 1.13. The van der Waals surface area contributed by atoms with E-state index in [-0.39, 0.29) is 96.6 Å². The predicted octanol–water partition coefficient (Wildman–Crippen LogP) is -12.5. The number of hydrogen-bond donors (Lipinski definition) is 2. The average molecular weight is 341 g/mol. The molecule has 2 aliphatic rings. The Morgan fingerprint density at radius 3 is 0.900 bits per heavy atom. The second kappa shape index (κ2) is 22.6. The summed E-state index contributed by atoms with van der Waals surface area (Å²) in [6, 6.07) is 0. The quantitative estimate of drug-likeness (QED) is 0.399. The van der Waals surface area contributed by atoms with Crippen LogP contribution in [-0.2, 0) is 22.9 Å². The van der Waals surface area contributed by atoms with Crippen LogP contribution in [0.2, 0.25) is 0 Å². The zero-order chi connectivity index (χ0) is 7.84. The van der Waals surface area contributed by atoms with Crippen molar-refractivity contribution in [3.8, 4) is 0 Å². The predicted molar refractivity (Wildman–Crippen MR) is 62.9 cm³/mol. The molecule has 2 saturated heterocycles. The van der Waals surface area contributed by atoms with Gasteiger partial charge in [0.15, 0.2) is 0 Å².